The Kier molecular flexibility index (Phi) is 3.78. The van der Waals surface area contributed by atoms with Crippen molar-refractivity contribution in [3.8, 4) is 0 Å². The minimum Gasteiger partial charge on any atom is -0.388 e. The van der Waals surface area contributed by atoms with Crippen molar-refractivity contribution < 1.29 is 9.50 Å². The Morgan fingerprint density at radius 2 is 1.67 bits per heavy atom. The molecule has 0 aliphatic heterocycles. The van der Waals surface area contributed by atoms with E-state index in [-0.39, 0.29) is 5.82 Å². The van der Waals surface area contributed by atoms with Crippen molar-refractivity contribution in [1.29, 1.82) is 0 Å². The number of aliphatic hydroxyl groups excluding tert-OH is 1. The average molecular weight is 244 g/mol. The van der Waals surface area contributed by atoms with Gasteiger partial charge in [-0.05, 0) is 25.5 Å². The summed E-state index contributed by atoms with van der Waals surface area (Å²) in [6.07, 6.45) is -0.365. The number of hydrogen-bond donors (Lipinski definition) is 1. The molecular weight excluding hydrogens is 227 g/mol. The first-order valence-corrected chi connectivity index (χ1v) is 6.06. The maximum atomic E-state index is 13.5. The van der Waals surface area contributed by atoms with Crippen molar-refractivity contribution in [3.05, 3.63) is 70.5 Å². The zero-order valence-electron chi connectivity index (χ0n) is 10.7. The lowest BCUT2D eigenvalue weighted by atomic mass is 9.98. The van der Waals surface area contributed by atoms with Gasteiger partial charge in [-0.1, -0.05) is 47.5 Å². The standard InChI is InChI=1S/C16H17FO/c1-11-7-12(2)9-13(8-11)10-16(18)14-5-3-4-6-15(14)17/h3-9,16,18H,10H2,1-2H3. The molecule has 1 N–H and O–H groups in total. The van der Waals surface area contributed by atoms with E-state index in [1.165, 1.54) is 6.07 Å². The summed E-state index contributed by atoms with van der Waals surface area (Å²) in [4.78, 5) is 0. The molecule has 0 aromatic heterocycles. The van der Waals surface area contributed by atoms with Gasteiger partial charge in [0.1, 0.15) is 5.82 Å². The first kappa shape index (κ1) is 12.8. The molecule has 0 aliphatic carbocycles. The van der Waals surface area contributed by atoms with E-state index in [1.54, 1.807) is 18.2 Å². The molecule has 1 atom stereocenters. The second kappa shape index (κ2) is 5.32. The van der Waals surface area contributed by atoms with Crippen LogP contribution >= 0.6 is 0 Å². The summed E-state index contributed by atoms with van der Waals surface area (Å²) in [5, 5.41) is 10.1. The van der Waals surface area contributed by atoms with Crippen molar-refractivity contribution in [1.82, 2.24) is 0 Å². The van der Waals surface area contributed by atoms with Crippen LogP contribution in [0.3, 0.4) is 0 Å². The quantitative estimate of drug-likeness (QED) is 0.872. The summed E-state index contributed by atoms with van der Waals surface area (Å²) >= 11 is 0. The van der Waals surface area contributed by atoms with Crippen LogP contribution in [-0.2, 0) is 6.42 Å². The van der Waals surface area contributed by atoms with E-state index in [0.717, 1.165) is 16.7 Å². The van der Waals surface area contributed by atoms with E-state index in [0.29, 0.717) is 12.0 Å². The van der Waals surface area contributed by atoms with Crippen molar-refractivity contribution in [2.45, 2.75) is 26.4 Å². The molecule has 0 radical (unpaired) electrons. The Morgan fingerprint density at radius 1 is 1.06 bits per heavy atom. The maximum absolute atomic E-state index is 13.5. The van der Waals surface area contributed by atoms with Crippen molar-refractivity contribution in [3.63, 3.8) is 0 Å². The predicted molar refractivity (Wildman–Crippen MR) is 71.0 cm³/mol. The van der Waals surface area contributed by atoms with Crippen LogP contribution in [0.25, 0.3) is 0 Å². The monoisotopic (exact) mass is 244 g/mol. The predicted octanol–water partition coefficient (Wildman–Crippen LogP) is 3.72. The Morgan fingerprint density at radius 3 is 2.28 bits per heavy atom. The van der Waals surface area contributed by atoms with Gasteiger partial charge in [0, 0.05) is 12.0 Å². The number of halogens is 1. The normalized spacial score (nSPS) is 12.4. The molecule has 0 fully saturated rings. The topological polar surface area (TPSA) is 20.2 Å². The number of aliphatic hydroxyl groups is 1. The van der Waals surface area contributed by atoms with Crippen LogP contribution in [0.1, 0.15) is 28.4 Å². The molecule has 0 saturated heterocycles. The molecule has 0 saturated carbocycles. The Bertz CT molecular complexity index is 528. The zero-order valence-corrected chi connectivity index (χ0v) is 10.7. The van der Waals surface area contributed by atoms with E-state index < -0.39 is 6.10 Å². The van der Waals surface area contributed by atoms with Crippen molar-refractivity contribution in [2.24, 2.45) is 0 Å². The summed E-state index contributed by atoms with van der Waals surface area (Å²) in [5.74, 6) is -0.352. The van der Waals surface area contributed by atoms with E-state index in [9.17, 15) is 9.50 Å². The van der Waals surface area contributed by atoms with Gasteiger partial charge < -0.3 is 5.11 Å². The molecule has 0 amide bonds. The maximum Gasteiger partial charge on any atom is 0.129 e. The van der Waals surface area contributed by atoms with E-state index in [1.807, 2.05) is 26.0 Å². The molecule has 2 heteroatoms. The van der Waals surface area contributed by atoms with Gasteiger partial charge in [0.2, 0.25) is 0 Å². The lowest BCUT2D eigenvalue weighted by molar-refractivity contribution is 0.173. The lowest BCUT2D eigenvalue weighted by Crippen LogP contribution is -2.04. The summed E-state index contributed by atoms with van der Waals surface area (Å²) < 4.78 is 13.5. The molecule has 1 unspecified atom stereocenters. The van der Waals surface area contributed by atoms with Gasteiger partial charge in [-0.15, -0.1) is 0 Å². The fourth-order valence-electron chi connectivity index (χ4n) is 2.27. The van der Waals surface area contributed by atoms with Crippen molar-refractivity contribution in [2.75, 3.05) is 0 Å². The van der Waals surface area contributed by atoms with Gasteiger partial charge in [0.05, 0.1) is 6.10 Å². The average Bonchev–Trinajstić information content (AvgIpc) is 2.27. The summed E-state index contributed by atoms with van der Waals surface area (Å²) in [6, 6.07) is 12.5. The van der Waals surface area contributed by atoms with Gasteiger partial charge >= 0.3 is 0 Å². The molecule has 0 spiro atoms. The molecule has 0 heterocycles. The number of hydrogen-bond acceptors (Lipinski definition) is 1. The summed E-state index contributed by atoms with van der Waals surface area (Å²) in [5.41, 5.74) is 3.70. The van der Waals surface area contributed by atoms with Crippen LogP contribution in [0.5, 0.6) is 0 Å². The third-order valence-corrected chi connectivity index (χ3v) is 2.97. The third kappa shape index (κ3) is 2.96. The summed E-state index contributed by atoms with van der Waals surface area (Å²) in [7, 11) is 0. The van der Waals surface area contributed by atoms with Gasteiger partial charge in [0.15, 0.2) is 0 Å². The van der Waals surface area contributed by atoms with Crippen LogP contribution in [0.4, 0.5) is 4.39 Å². The molecule has 2 aromatic rings. The van der Waals surface area contributed by atoms with Crippen LogP contribution in [0, 0.1) is 19.7 Å². The number of benzene rings is 2. The second-order valence-electron chi connectivity index (χ2n) is 4.74. The van der Waals surface area contributed by atoms with E-state index in [4.69, 9.17) is 0 Å². The van der Waals surface area contributed by atoms with Gasteiger partial charge in [-0.2, -0.15) is 0 Å². The molecule has 2 rings (SSSR count). The largest absolute Gasteiger partial charge is 0.388 e. The fraction of sp³-hybridized carbons (Fsp3) is 0.250. The fourth-order valence-corrected chi connectivity index (χ4v) is 2.27. The van der Waals surface area contributed by atoms with Gasteiger partial charge in [0.25, 0.3) is 0 Å². The van der Waals surface area contributed by atoms with Gasteiger partial charge in [-0.3, -0.25) is 0 Å². The second-order valence-corrected chi connectivity index (χ2v) is 4.74. The smallest absolute Gasteiger partial charge is 0.129 e. The highest BCUT2D eigenvalue weighted by Crippen LogP contribution is 2.22. The molecule has 0 aliphatic rings. The Labute approximate surface area is 107 Å². The molecule has 2 aromatic carbocycles. The van der Waals surface area contributed by atoms with Crippen LogP contribution in [0.15, 0.2) is 42.5 Å². The minimum atomic E-state index is -0.799. The lowest BCUT2D eigenvalue weighted by Gasteiger charge is -2.13. The molecule has 94 valence electrons. The van der Waals surface area contributed by atoms with Crippen LogP contribution < -0.4 is 0 Å². The molecule has 18 heavy (non-hydrogen) atoms. The molecular formula is C16H17FO. The van der Waals surface area contributed by atoms with Crippen molar-refractivity contribution >= 4 is 0 Å². The van der Waals surface area contributed by atoms with E-state index in [2.05, 4.69) is 6.07 Å². The third-order valence-electron chi connectivity index (χ3n) is 2.97. The van der Waals surface area contributed by atoms with Gasteiger partial charge in [-0.25, -0.2) is 4.39 Å². The highest BCUT2D eigenvalue weighted by atomic mass is 19.1. The minimum absolute atomic E-state index is 0.352. The zero-order chi connectivity index (χ0) is 13.1. The van der Waals surface area contributed by atoms with Crippen LogP contribution in [-0.4, -0.2) is 5.11 Å². The first-order valence-electron chi connectivity index (χ1n) is 6.06. The molecule has 0 bridgehead atoms. The number of rotatable bonds is 3. The Hall–Kier alpha value is -1.67. The van der Waals surface area contributed by atoms with E-state index >= 15 is 0 Å². The highest BCUT2D eigenvalue weighted by molar-refractivity contribution is 5.30. The highest BCUT2D eigenvalue weighted by Gasteiger charge is 2.13. The molecule has 1 nitrogen and oxygen atoms in total. The Balaban J connectivity index is 2.21. The SMILES string of the molecule is Cc1cc(C)cc(CC(O)c2ccccc2F)c1. The number of aryl methyl sites for hydroxylation is 2. The van der Waals surface area contributed by atoms with Crippen LogP contribution in [0.2, 0.25) is 0 Å². The first-order chi connectivity index (χ1) is 8.56. The summed E-state index contributed by atoms with van der Waals surface area (Å²) in [6.45, 7) is 4.04.